The summed E-state index contributed by atoms with van der Waals surface area (Å²) in [6.07, 6.45) is -0.204. The summed E-state index contributed by atoms with van der Waals surface area (Å²) in [4.78, 5) is 10.4. The lowest BCUT2D eigenvalue weighted by Crippen LogP contribution is -2.09. The third-order valence-corrected chi connectivity index (χ3v) is 2.09. The number of aldehydes is 1. The molecule has 5 nitrogen and oxygen atoms in total. The van der Waals surface area contributed by atoms with Crippen LogP contribution in [0, 0.1) is 0 Å². The Morgan fingerprint density at radius 1 is 1.40 bits per heavy atom. The molecule has 1 unspecified atom stereocenters. The summed E-state index contributed by atoms with van der Waals surface area (Å²) in [5.41, 5.74) is 0.123. The van der Waals surface area contributed by atoms with Gasteiger partial charge in [0, 0.05) is 5.56 Å². The van der Waals surface area contributed by atoms with Crippen LogP contribution in [0.5, 0.6) is 5.75 Å². The van der Waals surface area contributed by atoms with E-state index in [4.69, 9.17) is 0 Å². The average molecular weight is 230 g/mol. The molecule has 0 radical (unpaired) electrons. The molecular weight excluding hydrogens is 220 g/mol. The van der Waals surface area contributed by atoms with Crippen molar-refractivity contribution in [1.29, 1.82) is 0 Å². The number of carbonyl (C=O) groups excluding carboxylic acids is 1. The number of hydrogen-bond donors (Lipinski definition) is 1. The highest BCUT2D eigenvalue weighted by atomic mass is 32.2. The Labute approximate surface area is 87.4 Å². The highest BCUT2D eigenvalue weighted by Gasteiger charge is 2.14. The number of rotatable bonds is 4. The fraction of sp³-hybridized carbons (Fsp3) is 0.222. The number of aliphatic hydroxyl groups is 1. The Hall–Kier alpha value is -1.40. The summed E-state index contributed by atoms with van der Waals surface area (Å²) in [7, 11) is -3.67. The molecule has 82 valence electrons. The second-order valence-corrected chi connectivity index (χ2v) is 4.48. The lowest BCUT2D eigenvalue weighted by Gasteiger charge is -2.10. The zero-order valence-electron chi connectivity index (χ0n) is 7.95. The van der Waals surface area contributed by atoms with Gasteiger partial charge in [-0.3, -0.25) is 0 Å². The first-order valence-corrected chi connectivity index (χ1v) is 5.87. The second-order valence-electron chi connectivity index (χ2n) is 2.91. The molecule has 0 saturated carbocycles. The summed E-state index contributed by atoms with van der Waals surface area (Å²) >= 11 is 0. The van der Waals surface area contributed by atoms with E-state index < -0.39 is 16.2 Å². The number of benzene rings is 1. The predicted molar refractivity (Wildman–Crippen MR) is 52.9 cm³/mol. The van der Waals surface area contributed by atoms with Crippen LogP contribution in [0.25, 0.3) is 0 Å². The van der Waals surface area contributed by atoms with E-state index in [1.54, 1.807) is 12.1 Å². The Balaban J connectivity index is 3.12. The molecule has 0 fully saturated rings. The predicted octanol–water partition coefficient (Wildman–Crippen LogP) is 0.257. The van der Waals surface area contributed by atoms with Gasteiger partial charge in [-0.2, -0.15) is 8.42 Å². The van der Waals surface area contributed by atoms with Gasteiger partial charge in [-0.25, -0.2) is 0 Å². The quantitative estimate of drug-likeness (QED) is 0.592. The molecule has 0 amide bonds. The lowest BCUT2D eigenvalue weighted by molar-refractivity contribution is -0.115. The third kappa shape index (κ3) is 3.34. The van der Waals surface area contributed by atoms with Gasteiger partial charge in [-0.1, -0.05) is 18.2 Å². The van der Waals surface area contributed by atoms with Crippen LogP contribution in [0.4, 0.5) is 0 Å². The van der Waals surface area contributed by atoms with E-state index in [1.807, 2.05) is 0 Å². The fourth-order valence-corrected chi connectivity index (χ4v) is 1.52. The number of aliphatic hydroxyl groups excluding tert-OH is 1. The van der Waals surface area contributed by atoms with Gasteiger partial charge in [0.2, 0.25) is 0 Å². The van der Waals surface area contributed by atoms with Crippen molar-refractivity contribution in [1.82, 2.24) is 0 Å². The topological polar surface area (TPSA) is 80.7 Å². The standard InChI is InChI=1S/C9H10O5S/c1-15(12,13)14-9-5-3-2-4-7(9)8(11)6-10/h2-6,8,11H,1H3. The van der Waals surface area contributed by atoms with Crippen LogP contribution >= 0.6 is 0 Å². The molecule has 1 atom stereocenters. The lowest BCUT2D eigenvalue weighted by atomic mass is 10.1. The van der Waals surface area contributed by atoms with Gasteiger partial charge in [0.05, 0.1) is 6.26 Å². The van der Waals surface area contributed by atoms with E-state index in [1.165, 1.54) is 12.1 Å². The van der Waals surface area contributed by atoms with Crippen molar-refractivity contribution in [2.75, 3.05) is 6.26 Å². The zero-order chi connectivity index (χ0) is 11.5. The summed E-state index contributed by atoms with van der Waals surface area (Å²) in [5, 5.41) is 9.26. The molecule has 0 aliphatic rings. The Bertz CT molecular complexity index is 451. The molecular formula is C9H10O5S. The first kappa shape index (κ1) is 11.7. The zero-order valence-corrected chi connectivity index (χ0v) is 8.77. The number of carbonyl (C=O) groups is 1. The molecule has 0 heterocycles. The third-order valence-electron chi connectivity index (χ3n) is 1.61. The summed E-state index contributed by atoms with van der Waals surface area (Å²) in [6.45, 7) is 0. The van der Waals surface area contributed by atoms with E-state index >= 15 is 0 Å². The normalized spacial score (nSPS) is 13.2. The van der Waals surface area contributed by atoms with Crippen LogP contribution in [0.3, 0.4) is 0 Å². The van der Waals surface area contributed by atoms with Crippen LogP contribution < -0.4 is 4.18 Å². The maximum absolute atomic E-state index is 10.9. The highest BCUT2D eigenvalue weighted by Crippen LogP contribution is 2.24. The Morgan fingerprint density at radius 3 is 2.53 bits per heavy atom. The smallest absolute Gasteiger partial charge is 0.306 e. The summed E-state index contributed by atoms with van der Waals surface area (Å²) < 4.78 is 26.4. The Kier molecular flexibility index (Phi) is 3.43. The van der Waals surface area contributed by atoms with Crippen LogP contribution in [-0.4, -0.2) is 26.1 Å². The van der Waals surface area contributed by atoms with Crippen molar-refractivity contribution in [2.24, 2.45) is 0 Å². The van der Waals surface area contributed by atoms with Gasteiger partial charge in [0.25, 0.3) is 0 Å². The van der Waals surface area contributed by atoms with E-state index in [0.717, 1.165) is 6.26 Å². The molecule has 1 N–H and O–H groups in total. The maximum atomic E-state index is 10.9. The van der Waals surface area contributed by atoms with Gasteiger partial charge >= 0.3 is 10.1 Å². The van der Waals surface area contributed by atoms with Gasteiger partial charge in [-0.15, -0.1) is 0 Å². The summed E-state index contributed by atoms with van der Waals surface area (Å²) in [6, 6.07) is 5.89. The molecule has 0 aromatic heterocycles. The van der Waals surface area contributed by atoms with Crippen molar-refractivity contribution in [3.63, 3.8) is 0 Å². The van der Waals surface area contributed by atoms with E-state index in [-0.39, 0.29) is 11.3 Å². The molecule has 15 heavy (non-hydrogen) atoms. The average Bonchev–Trinajstić information content (AvgIpc) is 2.15. The molecule has 1 aromatic rings. The minimum atomic E-state index is -3.67. The fourth-order valence-electron chi connectivity index (χ4n) is 1.04. The van der Waals surface area contributed by atoms with Gasteiger partial charge in [-0.05, 0) is 6.07 Å². The monoisotopic (exact) mass is 230 g/mol. The summed E-state index contributed by atoms with van der Waals surface area (Å²) in [5.74, 6) is -0.0420. The van der Waals surface area contributed by atoms with E-state index in [9.17, 15) is 18.3 Å². The maximum Gasteiger partial charge on any atom is 0.306 e. The molecule has 0 spiro atoms. The molecule has 0 aliphatic carbocycles. The van der Waals surface area contributed by atoms with Crippen molar-refractivity contribution >= 4 is 16.4 Å². The first-order chi connectivity index (χ1) is 6.94. The van der Waals surface area contributed by atoms with Crippen LogP contribution in [-0.2, 0) is 14.9 Å². The van der Waals surface area contributed by atoms with Crippen LogP contribution in [0.2, 0.25) is 0 Å². The van der Waals surface area contributed by atoms with Gasteiger partial charge < -0.3 is 14.1 Å². The minimum Gasteiger partial charge on any atom is -0.382 e. The van der Waals surface area contributed by atoms with Crippen molar-refractivity contribution in [2.45, 2.75) is 6.10 Å². The van der Waals surface area contributed by atoms with E-state index in [0.29, 0.717) is 6.29 Å². The van der Waals surface area contributed by atoms with Crippen molar-refractivity contribution in [3.05, 3.63) is 29.8 Å². The molecule has 1 rings (SSSR count). The van der Waals surface area contributed by atoms with E-state index in [2.05, 4.69) is 4.18 Å². The van der Waals surface area contributed by atoms with Gasteiger partial charge in [0.15, 0.2) is 6.29 Å². The minimum absolute atomic E-state index is 0.0420. The Morgan fingerprint density at radius 2 is 2.00 bits per heavy atom. The molecule has 6 heteroatoms. The van der Waals surface area contributed by atoms with Gasteiger partial charge in [0.1, 0.15) is 11.9 Å². The second kappa shape index (κ2) is 4.41. The number of para-hydroxylation sites is 1. The highest BCUT2D eigenvalue weighted by molar-refractivity contribution is 7.86. The first-order valence-electron chi connectivity index (χ1n) is 4.06. The molecule has 0 aliphatic heterocycles. The molecule has 0 saturated heterocycles. The number of hydrogen-bond acceptors (Lipinski definition) is 5. The molecule has 1 aromatic carbocycles. The SMILES string of the molecule is CS(=O)(=O)Oc1ccccc1C(O)C=O. The van der Waals surface area contributed by atoms with Crippen LogP contribution in [0.1, 0.15) is 11.7 Å². The van der Waals surface area contributed by atoms with Crippen molar-refractivity contribution < 1.29 is 22.5 Å². The molecule has 0 bridgehead atoms. The van der Waals surface area contributed by atoms with Crippen molar-refractivity contribution in [3.8, 4) is 5.75 Å². The largest absolute Gasteiger partial charge is 0.382 e. The van der Waals surface area contributed by atoms with Crippen LogP contribution in [0.15, 0.2) is 24.3 Å².